The van der Waals surface area contributed by atoms with E-state index in [4.69, 9.17) is 11.5 Å². The van der Waals surface area contributed by atoms with Crippen LogP contribution in [0.5, 0.6) is 5.75 Å². The number of aromatic hydroxyl groups is 1. The smallest absolute Gasteiger partial charge is 0.125 e. The Morgan fingerprint density at radius 3 is 3.00 bits per heavy atom. The zero-order chi connectivity index (χ0) is 16.6. The van der Waals surface area contributed by atoms with Crippen LogP contribution in [0.15, 0.2) is 35.8 Å². The van der Waals surface area contributed by atoms with Gasteiger partial charge in [-0.25, -0.2) is 4.39 Å². The summed E-state index contributed by atoms with van der Waals surface area (Å²) in [4.78, 5) is 4.49. The summed E-state index contributed by atoms with van der Waals surface area (Å²) >= 11 is 0. The van der Waals surface area contributed by atoms with Gasteiger partial charge >= 0.3 is 0 Å². The Morgan fingerprint density at radius 2 is 2.22 bits per heavy atom. The normalized spacial score (nSPS) is 22.8. The highest BCUT2D eigenvalue weighted by Crippen LogP contribution is 2.27. The van der Waals surface area contributed by atoms with Crippen LogP contribution in [-0.2, 0) is 0 Å². The van der Waals surface area contributed by atoms with Crippen LogP contribution in [0.1, 0.15) is 5.56 Å². The molecular weight excluding hydrogens is 297 g/mol. The maximum absolute atomic E-state index is 13.4. The number of phenolic OH excluding ortho intramolecular Hbond substituents is 1. The number of fused-ring (bicyclic) bond motifs is 1. The highest BCUT2D eigenvalue weighted by atomic mass is 19.1. The van der Waals surface area contributed by atoms with Gasteiger partial charge in [0.15, 0.2) is 0 Å². The molecule has 0 amide bonds. The molecule has 7 heteroatoms. The van der Waals surface area contributed by atoms with Gasteiger partial charge in [0.05, 0.1) is 11.7 Å². The molecule has 6 N–H and O–H groups in total. The minimum atomic E-state index is -0.449. The summed E-state index contributed by atoms with van der Waals surface area (Å²) in [5, 5.41) is 13.1. The lowest BCUT2D eigenvalue weighted by molar-refractivity contribution is 0.114. The lowest BCUT2D eigenvalue weighted by Crippen LogP contribution is -2.58. The van der Waals surface area contributed by atoms with Gasteiger partial charge in [-0.05, 0) is 31.3 Å². The van der Waals surface area contributed by atoms with Gasteiger partial charge in [-0.2, -0.15) is 0 Å². The van der Waals surface area contributed by atoms with E-state index in [0.29, 0.717) is 11.9 Å². The largest absolute Gasteiger partial charge is 0.507 e. The van der Waals surface area contributed by atoms with E-state index < -0.39 is 5.82 Å². The molecule has 0 radical (unpaired) electrons. The van der Waals surface area contributed by atoms with Crippen molar-refractivity contribution < 1.29 is 9.50 Å². The van der Waals surface area contributed by atoms with Crippen LogP contribution in [0, 0.1) is 5.82 Å². The monoisotopic (exact) mass is 319 g/mol. The summed E-state index contributed by atoms with van der Waals surface area (Å²) in [5.74, 6) is 0.0398. The summed E-state index contributed by atoms with van der Waals surface area (Å²) < 4.78 is 13.4. The number of allylic oxidation sites excluding steroid dienone is 1. The number of piperazine rings is 1. The predicted molar refractivity (Wildman–Crippen MR) is 87.4 cm³/mol. The average Bonchev–Trinajstić information content (AvgIpc) is 2.52. The number of benzene rings is 1. The number of rotatable bonds is 2. The molecule has 0 aliphatic carbocycles. The average molecular weight is 319 g/mol. The molecule has 6 nitrogen and oxygen atoms in total. The highest BCUT2D eigenvalue weighted by molar-refractivity contribution is 5.70. The zero-order valence-electron chi connectivity index (χ0n) is 13.1. The number of nitrogens with two attached hydrogens (primary N) is 2. The number of likely N-dealkylation sites (N-methyl/N-ethyl adjacent to an activating group) is 1. The maximum atomic E-state index is 13.4. The molecule has 1 unspecified atom stereocenters. The fourth-order valence-electron chi connectivity index (χ4n) is 3.10. The molecule has 0 bridgehead atoms. The molecule has 1 saturated heterocycles. The first-order valence-electron chi connectivity index (χ1n) is 7.60. The van der Waals surface area contributed by atoms with Crippen LogP contribution in [0.4, 0.5) is 4.39 Å². The van der Waals surface area contributed by atoms with Crippen LogP contribution < -0.4 is 16.8 Å². The van der Waals surface area contributed by atoms with Crippen LogP contribution in [-0.4, -0.2) is 54.2 Å². The van der Waals surface area contributed by atoms with Gasteiger partial charge in [0, 0.05) is 37.4 Å². The minimum absolute atomic E-state index is 0.0574. The molecule has 1 atom stereocenters. The van der Waals surface area contributed by atoms with Crippen molar-refractivity contribution in [1.82, 2.24) is 15.1 Å². The van der Waals surface area contributed by atoms with Crippen molar-refractivity contribution >= 4 is 5.70 Å². The molecule has 23 heavy (non-hydrogen) atoms. The minimum Gasteiger partial charge on any atom is -0.507 e. The van der Waals surface area contributed by atoms with E-state index >= 15 is 0 Å². The SMILES string of the molecule is CN1CCN2C(/C=C(\N)c3cc(F)ccc3O)=C(N)NCC2C1. The number of phenols is 1. The molecule has 0 spiro atoms. The summed E-state index contributed by atoms with van der Waals surface area (Å²) in [6.45, 7) is 3.49. The Bertz CT molecular complexity index is 672. The third-order valence-corrected chi connectivity index (χ3v) is 4.36. The standard InChI is InChI=1S/C16H22FN5O/c1-21-4-5-22-11(9-21)8-20-16(19)14(22)7-13(18)12-6-10(17)2-3-15(12)23/h2-3,6-7,11,20,23H,4-5,8-9,18-19H2,1H3/b13-7-. The Hall–Kier alpha value is -2.41. The van der Waals surface area contributed by atoms with E-state index in [0.717, 1.165) is 31.9 Å². The lowest BCUT2D eigenvalue weighted by atomic mass is 10.1. The molecule has 2 aliphatic heterocycles. The Labute approximate surface area is 134 Å². The van der Waals surface area contributed by atoms with Crippen molar-refractivity contribution in [3.8, 4) is 5.75 Å². The van der Waals surface area contributed by atoms with Gasteiger partial charge in [-0.15, -0.1) is 0 Å². The fourth-order valence-corrected chi connectivity index (χ4v) is 3.10. The summed E-state index contributed by atoms with van der Waals surface area (Å²) in [6.07, 6.45) is 1.70. The number of hydrogen-bond acceptors (Lipinski definition) is 6. The summed E-state index contributed by atoms with van der Waals surface area (Å²) in [7, 11) is 2.09. The molecule has 1 fully saturated rings. The van der Waals surface area contributed by atoms with Gasteiger partial charge in [0.1, 0.15) is 17.4 Å². The first-order valence-corrected chi connectivity index (χ1v) is 7.60. The fraction of sp³-hybridized carbons (Fsp3) is 0.375. The van der Waals surface area contributed by atoms with E-state index in [2.05, 4.69) is 22.2 Å². The molecule has 0 aromatic heterocycles. The third kappa shape index (κ3) is 3.05. The zero-order valence-corrected chi connectivity index (χ0v) is 13.1. The Kier molecular flexibility index (Phi) is 4.04. The van der Waals surface area contributed by atoms with Crippen molar-refractivity contribution in [2.75, 3.05) is 33.2 Å². The number of nitrogens with zero attached hydrogens (tertiary/aromatic N) is 2. The van der Waals surface area contributed by atoms with E-state index in [1.54, 1.807) is 6.08 Å². The van der Waals surface area contributed by atoms with Crippen LogP contribution in [0.25, 0.3) is 5.70 Å². The number of halogens is 1. The predicted octanol–water partition coefficient (Wildman–Crippen LogP) is 0.178. The second kappa shape index (κ2) is 6.00. The lowest BCUT2D eigenvalue weighted by Gasteiger charge is -2.45. The third-order valence-electron chi connectivity index (χ3n) is 4.36. The van der Waals surface area contributed by atoms with E-state index in [1.807, 2.05) is 0 Å². The topological polar surface area (TPSA) is 90.8 Å². The summed E-state index contributed by atoms with van der Waals surface area (Å²) in [6, 6.07) is 4.01. The molecule has 2 aliphatic rings. The van der Waals surface area contributed by atoms with Gasteiger partial charge in [0.2, 0.25) is 0 Å². The van der Waals surface area contributed by atoms with Crippen molar-refractivity contribution in [2.45, 2.75) is 6.04 Å². The highest BCUT2D eigenvalue weighted by Gasteiger charge is 2.30. The Morgan fingerprint density at radius 1 is 1.43 bits per heavy atom. The molecule has 1 aromatic rings. The maximum Gasteiger partial charge on any atom is 0.125 e. The molecule has 3 rings (SSSR count). The molecular formula is C16H22FN5O. The van der Waals surface area contributed by atoms with Gasteiger partial charge in [-0.1, -0.05) is 0 Å². The first kappa shape index (κ1) is 15.5. The van der Waals surface area contributed by atoms with Crippen LogP contribution >= 0.6 is 0 Å². The Balaban J connectivity index is 1.94. The first-order chi connectivity index (χ1) is 11.0. The van der Waals surface area contributed by atoms with Gasteiger partial charge in [-0.3, -0.25) is 0 Å². The molecule has 0 saturated carbocycles. The van der Waals surface area contributed by atoms with Crippen molar-refractivity contribution in [3.05, 3.63) is 47.2 Å². The van der Waals surface area contributed by atoms with Crippen LogP contribution in [0.2, 0.25) is 0 Å². The van der Waals surface area contributed by atoms with E-state index in [1.165, 1.54) is 18.2 Å². The van der Waals surface area contributed by atoms with Gasteiger partial charge < -0.3 is 31.7 Å². The second-order valence-electron chi connectivity index (χ2n) is 6.05. The van der Waals surface area contributed by atoms with Gasteiger partial charge in [0.25, 0.3) is 0 Å². The quantitative estimate of drug-likeness (QED) is 0.622. The molecule has 1 aromatic carbocycles. The molecule has 124 valence electrons. The second-order valence-corrected chi connectivity index (χ2v) is 6.05. The van der Waals surface area contributed by atoms with E-state index in [-0.39, 0.29) is 17.0 Å². The van der Waals surface area contributed by atoms with E-state index in [9.17, 15) is 9.50 Å². The van der Waals surface area contributed by atoms with Crippen molar-refractivity contribution in [3.63, 3.8) is 0 Å². The van der Waals surface area contributed by atoms with Crippen molar-refractivity contribution in [2.24, 2.45) is 11.5 Å². The van der Waals surface area contributed by atoms with Crippen LogP contribution in [0.3, 0.4) is 0 Å². The summed E-state index contributed by atoms with van der Waals surface area (Å²) in [5.41, 5.74) is 13.5. The van der Waals surface area contributed by atoms with Crippen molar-refractivity contribution in [1.29, 1.82) is 0 Å². The number of hydrogen-bond donors (Lipinski definition) is 4. The number of nitrogens with one attached hydrogen (secondary N) is 1. The molecule has 2 heterocycles.